The van der Waals surface area contributed by atoms with Gasteiger partial charge in [-0.15, -0.1) is 10.2 Å². The summed E-state index contributed by atoms with van der Waals surface area (Å²) in [5.74, 6) is 0.0749. The van der Waals surface area contributed by atoms with Gasteiger partial charge in [-0.3, -0.25) is 4.79 Å². The van der Waals surface area contributed by atoms with Gasteiger partial charge in [-0.25, -0.2) is 0 Å². The SMILES string of the molecule is CC(CNc1nnc(Cl)cc1C(N)=O)c1ccsc1. The number of carbonyl (C=O) groups excluding carboxylic acids is 1. The molecular formula is C12H13ClN4OS. The first-order valence-corrected chi connectivity index (χ1v) is 6.99. The number of primary amides is 1. The number of anilines is 1. The van der Waals surface area contributed by atoms with Crippen molar-refractivity contribution < 1.29 is 4.79 Å². The van der Waals surface area contributed by atoms with Crippen molar-refractivity contribution in [2.45, 2.75) is 12.8 Å². The zero-order valence-electron chi connectivity index (χ0n) is 10.3. The van der Waals surface area contributed by atoms with Crippen molar-refractivity contribution in [1.82, 2.24) is 10.2 Å². The van der Waals surface area contributed by atoms with Crippen LogP contribution in [0.1, 0.15) is 28.8 Å². The number of nitrogens with two attached hydrogens (primary N) is 1. The van der Waals surface area contributed by atoms with Crippen molar-refractivity contribution in [1.29, 1.82) is 0 Å². The molecule has 0 saturated heterocycles. The molecule has 1 unspecified atom stereocenters. The predicted octanol–water partition coefficient (Wildman–Crippen LogP) is 2.51. The molecule has 0 aliphatic carbocycles. The Morgan fingerprint density at radius 1 is 1.58 bits per heavy atom. The molecule has 2 aromatic heterocycles. The fraction of sp³-hybridized carbons (Fsp3) is 0.250. The van der Waals surface area contributed by atoms with Gasteiger partial charge in [0.25, 0.3) is 5.91 Å². The molecule has 1 amide bonds. The van der Waals surface area contributed by atoms with Crippen molar-refractivity contribution in [2.24, 2.45) is 5.73 Å². The van der Waals surface area contributed by atoms with E-state index in [-0.39, 0.29) is 10.7 Å². The minimum Gasteiger partial charge on any atom is -0.367 e. The smallest absolute Gasteiger partial charge is 0.252 e. The molecule has 1 atom stereocenters. The number of halogens is 1. The van der Waals surface area contributed by atoms with Gasteiger partial charge in [0, 0.05) is 6.54 Å². The second-order valence-electron chi connectivity index (χ2n) is 4.13. The predicted molar refractivity (Wildman–Crippen MR) is 76.8 cm³/mol. The lowest BCUT2D eigenvalue weighted by Crippen LogP contribution is -2.18. The minimum absolute atomic E-state index is 0.144. The Kier molecular flexibility index (Phi) is 4.34. The minimum atomic E-state index is -0.581. The van der Waals surface area contributed by atoms with Gasteiger partial charge in [-0.05, 0) is 34.4 Å². The number of carbonyl (C=O) groups is 1. The molecule has 0 bridgehead atoms. The topological polar surface area (TPSA) is 80.9 Å². The van der Waals surface area contributed by atoms with Gasteiger partial charge >= 0.3 is 0 Å². The Balaban J connectivity index is 2.09. The van der Waals surface area contributed by atoms with Crippen LogP contribution in [0.25, 0.3) is 0 Å². The zero-order chi connectivity index (χ0) is 13.8. The molecule has 0 spiro atoms. The van der Waals surface area contributed by atoms with E-state index in [2.05, 4.69) is 33.9 Å². The summed E-state index contributed by atoms with van der Waals surface area (Å²) in [6, 6.07) is 3.48. The standard InChI is InChI=1S/C12H13ClN4OS/c1-7(8-2-3-19-6-8)5-15-12-9(11(14)18)4-10(13)16-17-12/h2-4,6-7H,5H2,1H3,(H2,14,18)(H,15,17). The van der Waals surface area contributed by atoms with Gasteiger partial charge in [0.2, 0.25) is 0 Å². The van der Waals surface area contributed by atoms with Crippen LogP contribution in [-0.2, 0) is 0 Å². The number of rotatable bonds is 5. The number of nitrogens with zero attached hydrogens (tertiary/aromatic N) is 2. The number of amides is 1. The highest BCUT2D eigenvalue weighted by atomic mass is 35.5. The van der Waals surface area contributed by atoms with Gasteiger partial charge in [-0.2, -0.15) is 11.3 Å². The molecule has 2 heterocycles. The third kappa shape index (κ3) is 3.42. The van der Waals surface area contributed by atoms with Crippen LogP contribution in [0.5, 0.6) is 0 Å². The Morgan fingerprint density at radius 2 is 2.37 bits per heavy atom. The van der Waals surface area contributed by atoms with Crippen molar-refractivity contribution in [2.75, 3.05) is 11.9 Å². The lowest BCUT2D eigenvalue weighted by atomic mass is 10.1. The molecule has 19 heavy (non-hydrogen) atoms. The molecule has 0 saturated carbocycles. The van der Waals surface area contributed by atoms with Crippen LogP contribution >= 0.6 is 22.9 Å². The molecule has 0 aliphatic rings. The Bertz CT molecular complexity index is 573. The number of nitrogens with one attached hydrogen (secondary N) is 1. The van der Waals surface area contributed by atoms with E-state index in [1.165, 1.54) is 11.6 Å². The largest absolute Gasteiger partial charge is 0.367 e. The molecule has 5 nitrogen and oxygen atoms in total. The molecule has 0 radical (unpaired) electrons. The molecule has 2 rings (SSSR count). The van der Waals surface area contributed by atoms with Crippen molar-refractivity contribution in [3.05, 3.63) is 39.2 Å². The van der Waals surface area contributed by atoms with Gasteiger partial charge in [-0.1, -0.05) is 18.5 Å². The Labute approximate surface area is 119 Å². The number of thiophene rings is 1. The molecule has 0 aromatic carbocycles. The summed E-state index contributed by atoms with van der Waals surface area (Å²) in [5.41, 5.74) is 6.76. The highest BCUT2D eigenvalue weighted by molar-refractivity contribution is 7.07. The van der Waals surface area contributed by atoms with E-state index in [0.717, 1.165) is 0 Å². The monoisotopic (exact) mass is 296 g/mol. The molecule has 7 heteroatoms. The van der Waals surface area contributed by atoms with Crippen LogP contribution in [0.2, 0.25) is 5.15 Å². The summed E-state index contributed by atoms with van der Waals surface area (Å²) in [6.45, 7) is 2.72. The van der Waals surface area contributed by atoms with Crippen LogP contribution in [0.4, 0.5) is 5.82 Å². The first kappa shape index (κ1) is 13.8. The number of hydrogen-bond acceptors (Lipinski definition) is 5. The second-order valence-corrected chi connectivity index (χ2v) is 5.30. The average molecular weight is 297 g/mol. The maximum absolute atomic E-state index is 11.3. The maximum Gasteiger partial charge on any atom is 0.252 e. The summed E-state index contributed by atoms with van der Waals surface area (Å²) in [4.78, 5) is 11.3. The normalized spacial score (nSPS) is 12.1. The van der Waals surface area contributed by atoms with Crippen LogP contribution in [-0.4, -0.2) is 22.6 Å². The van der Waals surface area contributed by atoms with Crippen LogP contribution < -0.4 is 11.1 Å². The lowest BCUT2D eigenvalue weighted by molar-refractivity contribution is 0.100. The van der Waals surface area contributed by atoms with E-state index in [1.54, 1.807) is 11.3 Å². The van der Waals surface area contributed by atoms with Crippen molar-refractivity contribution >= 4 is 34.7 Å². The fourth-order valence-corrected chi connectivity index (χ4v) is 2.54. The van der Waals surface area contributed by atoms with E-state index in [0.29, 0.717) is 18.3 Å². The summed E-state index contributed by atoms with van der Waals surface area (Å²) in [5, 5.41) is 14.9. The zero-order valence-corrected chi connectivity index (χ0v) is 11.8. The van der Waals surface area contributed by atoms with E-state index in [9.17, 15) is 4.79 Å². The average Bonchev–Trinajstić information content (AvgIpc) is 2.90. The van der Waals surface area contributed by atoms with Gasteiger partial charge < -0.3 is 11.1 Å². The maximum atomic E-state index is 11.3. The molecular weight excluding hydrogens is 284 g/mol. The highest BCUT2D eigenvalue weighted by Crippen LogP contribution is 2.20. The third-order valence-electron chi connectivity index (χ3n) is 2.72. The van der Waals surface area contributed by atoms with Gasteiger partial charge in [0.1, 0.15) is 0 Å². The quantitative estimate of drug-likeness (QED) is 0.888. The Morgan fingerprint density at radius 3 is 3.00 bits per heavy atom. The van der Waals surface area contributed by atoms with Gasteiger partial charge in [0.05, 0.1) is 5.56 Å². The summed E-state index contributed by atoms with van der Waals surface area (Å²) < 4.78 is 0. The van der Waals surface area contributed by atoms with Crippen LogP contribution in [0.3, 0.4) is 0 Å². The third-order valence-corrected chi connectivity index (χ3v) is 3.60. The van der Waals surface area contributed by atoms with E-state index >= 15 is 0 Å². The molecule has 100 valence electrons. The lowest BCUT2D eigenvalue weighted by Gasteiger charge is -2.13. The molecule has 0 fully saturated rings. The molecule has 0 aliphatic heterocycles. The van der Waals surface area contributed by atoms with Crippen molar-refractivity contribution in [3.63, 3.8) is 0 Å². The van der Waals surface area contributed by atoms with Crippen molar-refractivity contribution in [3.8, 4) is 0 Å². The summed E-state index contributed by atoms with van der Waals surface area (Å²) in [6.07, 6.45) is 0. The van der Waals surface area contributed by atoms with E-state index in [1.807, 2.05) is 5.38 Å². The van der Waals surface area contributed by atoms with E-state index in [4.69, 9.17) is 17.3 Å². The first-order chi connectivity index (χ1) is 9.08. The summed E-state index contributed by atoms with van der Waals surface area (Å²) >= 11 is 7.35. The van der Waals surface area contributed by atoms with Crippen LogP contribution in [0, 0.1) is 0 Å². The molecule has 2 aromatic rings. The van der Waals surface area contributed by atoms with Crippen LogP contribution in [0.15, 0.2) is 22.9 Å². The first-order valence-electron chi connectivity index (χ1n) is 5.67. The fourth-order valence-electron chi connectivity index (χ4n) is 1.61. The number of aromatic nitrogens is 2. The van der Waals surface area contributed by atoms with E-state index < -0.39 is 5.91 Å². The second kappa shape index (κ2) is 5.99. The number of hydrogen-bond donors (Lipinski definition) is 2. The molecule has 3 N–H and O–H groups in total. The van der Waals surface area contributed by atoms with Gasteiger partial charge in [0.15, 0.2) is 11.0 Å². The summed E-state index contributed by atoms with van der Waals surface area (Å²) in [7, 11) is 0. The highest BCUT2D eigenvalue weighted by Gasteiger charge is 2.13. The Hall–Kier alpha value is -1.66.